The van der Waals surface area contributed by atoms with Crippen LogP contribution in [0, 0.1) is 35.8 Å². The van der Waals surface area contributed by atoms with E-state index in [0.717, 1.165) is 11.1 Å². The fourth-order valence-corrected chi connectivity index (χ4v) is 3.66. The molecule has 2 heterocycles. The fraction of sp³-hybridized carbons (Fsp3) is 0.556. The van der Waals surface area contributed by atoms with Crippen molar-refractivity contribution < 1.29 is 14.6 Å². The Morgan fingerprint density at radius 3 is 2.58 bits per heavy atom. The van der Waals surface area contributed by atoms with Gasteiger partial charge in [-0.15, -0.1) is 0 Å². The van der Waals surface area contributed by atoms with E-state index < -0.39 is 5.03 Å². The molecule has 1 amide bonds. The maximum atomic E-state index is 13.1. The van der Waals surface area contributed by atoms with Crippen LogP contribution in [0.3, 0.4) is 0 Å². The lowest BCUT2D eigenvalue weighted by atomic mass is 9.98. The lowest BCUT2D eigenvalue weighted by Crippen LogP contribution is -2.41. The Morgan fingerprint density at radius 1 is 1.31 bits per heavy atom. The number of hydrogen-bond donors (Lipinski definition) is 0. The van der Waals surface area contributed by atoms with Crippen LogP contribution in [0.4, 0.5) is 0 Å². The predicted octanol–water partition coefficient (Wildman–Crippen LogP) is 1.89. The van der Waals surface area contributed by atoms with Crippen LogP contribution >= 0.6 is 0 Å². The topological polar surface area (TPSA) is 88.3 Å². The summed E-state index contributed by atoms with van der Waals surface area (Å²) in [6.45, 7) is 8.71. The van der Waals surface area contributed by atoms with Crippen molar-refractivity contribution >= 4 is 11.9 Å². The Balaban J connectivity index is 1.87. The quantitative estimate of drug-likeness (QED) is 0.604. The molecule has 0 bridgehead atoms. The zero-order valence-electron chi connectivity index (χ0n) is 15.3. The molecule has 0 aliphatic carbocycles. The van der Waals surface area contributed by atoms with Gasteiger partial charge in [0.1, 0.15) is 5.10 Å². The highest BCUT2D eigenvalue weighted by Crippen LogP contribution is 2.25. The maximum absolute atomic E-state index is 13.1. The molecule has 26 heavy (non-hydrogen) atoms. The van der Waals surface area contributed by atoms with E-state index in [9.17, 15) is 14.9 Å². The molecule has 8 heteroatoms. The number of ether oxygens (including phenoxy) is 1. The van der Waals surface area contributed by atoms with Gasteiger partial charge in [-0.25, -0.2) is 10.1 Å². The third-order valence-electron chi connectivity index (χ3n) is 5.20. The van der Waals surface area contributed by atoms with Crippen molar-refractivity contribution in [2.45, 2.75) is 20.8 Å². The van der Waals surface area contributed by atoms with Crippen molar-refractivity contribution in [3.05, 3.63) is 45.0 Å². The van der Waals surface area contributed by atoms with Crippen LogP contribution in [0.25, 0.3) is 0 Å². The van der Waals surface area contributed by atoms with Gasteiger partial charge in [-0.05, 0) is 30.9 Å². The van der Waals surface area contributed by atoms with E-state index in [0.29, 0.717) is 44.3 Å². The Morgan fingerprint density at radius 2 is 2.00 bits per heavy atom. The molecule has 0 N–H and O–H groups in total. The van der Waals surface area contributed by atoms with Crippen LogP contribution in [0.5, 0.6) is 0 Å². The normalized spacial score (nSPS) is 24.5. The minimum absolute atomic E-state index is 0.127. The first-order valence-corrected chi connectivity index (χ1v) is 8.82. The molecule has 140 valence electrons. The number of amides is 1. The SMILES string of the molecule is Cc1cccc(C)c1C(=O)N1CCN(CC2COCC2C)C1=N[N+](=O)[O-]. The van der Waals surface area contributed by atoms with Crippen molar-refractivity contribution in [2.24, 2.45) is 16.9 Å². The molecule has 8 nitrogen and oxygen atoms in total. The summed E-state index contributed by atoms with van der Waals surface area (Å²) in [5.74, 6) is 0.554. The molecule has 2 aliphatic heterocycles. The smallest absolute Gasteiger partial charge is 0.281 e. The summed E-state index contributed by atoms with van der Waals surface area (Å²) >= 11 is 0. The first kappa shape index (κ1) is 18.3. The van der Waals surface area contributed by atoms with Gasteiger partial charge in [-0.2, -0.15) is 0 Å². The monoisotopic (exact) mass is 360 g/mol. The number of nitrogens with zero attached hydrogens (tertiary/aromatic N) is 4. The fourth-order valence-electron chi connectivity index (χ4n) is 3.66. The number of carbonyl (C=O) groups excluding carboxylic acids is 1. The number of rotatable bonds is 4. The Bertz CT molecular complexity index is 728. The van der Waals surface area contributed by atoms with Crippen molar-refractivity contribution in [2.75, 3.05) is 32.8 Å². The standard InChI is InChI=1S/C18H24N4O4/c1-12-5-4-6-13(2)16(12)17(23)21-8-7-20(18(21)19-22(24)25)9-15-11-26-10-14(15)3/h4-6,14-15H,7-11H2,1-3H3. The van der Waals surface area contributed by atoms with Crippen molar-refractivity contribution in [3.8, 4) is 0 Å². The summed E-state index contributed by atoms with van der Waals surface area (Å²) in [6.07, 6.45) is 0. The molecule has 0 radical (unpaired) electrons. The number of aryl methyl sites for hydroxylation is 2. The Kier molecular flexibility index (Phi) is 5.22. The summed E-state index contributed by atoms with van der Waals surface area (Å²) in [5, 5.41) is 13.9. The minimum atomic E-state index is -0.729. The van der Waals surface area contributed by atoms with E-state index in [2.05, 4.69) is 12.0 Å². The lowest BCUT2D eigenvalue weighted by Gasteiger charge is -2.24. The van der Waals surface area contributed by atoms with E-state index in [1.807, 2.05) is 36.9 Å². The van der Waals surface area contributed by atoms with E-state index >= 15 is 0 Å². The lowest BCUT2D eigenvalue weighted by molar-refractivity contribution is -0.486. The molecule has 2 aliphatic rings. The third-order valence-corrected chi connectivity index (χ3v) is 5.20. The van der Waals surface area contributed by atoms with Gasteiger partial charge in [0.05, 0.1) is 6.61 Å². The van der Waals surface area contributed by atoms with E-state index in [1.165, 1.54) is 4.90 Å². The molecule has 2 unspecified atom stereocenters. The van der Waals surface area contributed by atoms with Gasteiger partial charge in [-0.1, -0.05) is 25.1 Å². The van der Waals surface area contributed by atoms with Crippen LogP contribution in [0.1, 0.15) is 28.4 Å². The predicted molar refractivity (Wildman–Crippen MR) is 96.4 cm³/mol. The molecule has 2 fully saturated rings. The highest BCUT2D eigenvalue weighted by molar-refractivity contribution is 6.08. The molecule has 0 saturated carbocycles. The third kappa shape index (κ3) is 3.55. The average molecular weight is 360 g/mol. The van der Waals surface area contributed by atoms with E-state index in [-0.39, 0.29) is 17.8 Å². The summed E-state index contributed by atoms with van der Waals surface area (Å²) < 4.78 is 5.49. The van der Waals surface area contributed by atoms with Gasteiger partial charge in [0, 0.05) is 37.7 Å². The van der Waals surface area contributed by atoms with Crippen molar-refractivity contribution in [1.82, 2.24) is 9.80 Å². The second-order valence-corrected chi connectivity index (χ2v) is 7.08. The molecule has 2 atom stereocenters. The number of carbonyl (C=O) groups is 1. The van der Waals surface area contributed by atoms with Crippen LogP contribution in [-0.2, 0) is 4.74 Å². The summed E-state index contributed by atoms with van der Waals surface area (Å²) in [6, 6.07) is 5.64. The maximum Gasteiger partial charge on any atom is 0.281 e. The number of nitro groups is 1. The van der Waals surface area contributed by atoms with Crippen molar-refractivity contribution in [1.29, 1.82) is 0 Å². The van der Waals surface area contributed by atoms with E-state index in [4.69, 9.17) is 4.74 Å². The van der Waals surface area contributed by atoms with Gasteiger partial charge >= 0.3 is 0 Å². The van der Waals surface area contributed by atoms with Gasteiger partial charge in [0.15, 0.2) is 5.03 Å². The van der Waals surface area contributed by atoms with Gasteiger partial charge in [-0.3, -0.25) is 9.69 Å². The molecular weight excluding hydrogens is 336 g/mol. The zero-order valence-corrected chi connectivity index (χ0v) is 15.3. The number of guanidine groups is 1. The number of hydrazone groups is 1. The van der Waals surface area contributed by atoms with Crippen LogP contribution < -0.4 is 0 Å². The van der Waals surface area contributed by atoms with Gasteiger partial charge < -0.3 is 9.64 Å². The van der Waals surface area contributed by atoms with Gasteiger partial charge in [0.2, 0.25) is 0 Å². The number of hydrogen-bond acceptors (Lipinski definition) is 4. The number of benzene rings is 1. The molecule has 0 aromatic heterocycles. The summed E-state index contributed by atoms with van der Waals surface area (Å²) in [4.78, 5) is 27.4. The van der Waals surface area contributed by atoms with Crippen LogP contribution in [-0.4, -0.2) is 59.5 Å². The highest BCUT2D eigenvalue weighted by Gasteiger charge is 2.38. The highest BCUT2D eigenvalue weighted by atomic mass is 16.7. The molecule has 3 rings (SSSR count). The Hall–Kier alpha value is -2.48. The largest absolute Gasteiger partial charge is 0.381 e. The van der Waals surface area contributed by atoms with Crippen molar-refractivity contribution in [3.63, 3.8) is 0 Å². The molecule has 2 saturated heterocycles. The minimum Gasteiger partial charge on any atom is -0.381 e. The zero-order chi connectivity index (χ0) is 18.8. The molecule has 1 aromatic rings. The van der Waals surface area contributed by atoms with Crippen LogP contribution in [0.15, 0.2) is 23.3 Å². The second-order valence-electron chi connectivity index (χ2n) is 7.08. The first-order chi connectivity index (χ1) is 12.4. The van der Waals surface area contributed by atoms with E-state index in [1.54, 1.807) is 0 Å². The molecular formula is C18H24N4O4. The summed E-state index contributed by atoms with van der Waals surface area (Å²) in [7, 11) is 0. The second kappa shape index (κ2) is 7.41. The van der Waals surface area contributed by atoms with Crippen LogP contribution in [0.2, 0.25) is 0 Å². The average Bonchev–Trinajstić information content (AvgIpc) is 3.14. The van der Waals surface area contributed by atoms with Gasteiger partial charge in [0.25, 0.3) is 11.9 Å². The Labute approximate surface area is 152 Å². The first-order valence-electron chi connectivity index (χ1n) is 8.82. The molecule has 0 spiro atoms. The molecule has 1 aromatic carbocycles. The summed E-state index contributed by atoms with van der Waals surface area (Å²) in [5.41, 5.74) is 2.29.